The van der Waals surface area contributed by atoms with Crippen LogP contribution in [0.3, 0.4) is 0 Å². The van der Waals surface area contributed by atoms with E-state index >= 15 is 0 Å². The monoisotopic (exact) mass is 569 g/mol. The lowest BCUT2D eigenvalue weighted by atomic mass is 9.46. The molecule has 2 aromatic carbocycles. The Labute approximate surface area is 246 Å². The van der Waals surface area contributed by atoms with Gasteiger partial charge in [0.25, 0.3) is 0 Å². The highest BCUT2D eigenvalue weighted by molar-refractivity contribution is 6.01. The summed E-state index contributed by atoms with van der Waals surface area (Å²) in [5.41, 5.74) is 8.36. The van der Waals surface area contributed by atoms with Crippen molar-refractivity contribution < 1.29 is 29.3 Å². The molecule has 2 aromatic rings. The number of nitrogen functional groups attached to an aromatic ring is 1. The molecule has 1 saturated heterocycles. The van der Waals surface area contributed by atoms with Gasteiger partial charge in [-0.25, -0.2) is 0 Å². The Bertz CT molecular complexity index is 1500. The SMILES string of the molecule is CC12C=CC(=O)C=C1CCC1C2C(O)CC2(C)C1C[C@H]1O[C@@H](c3ccc(Cc4cccc(N)c4)cc3)O[C@]12C(=O)CO. The smallest absolute Gasteiger partial charge is 0.193 e. The highest BCUT2D eigenvalue weighted by Crippen LogP contribution is 2.70. The van der Waals surface area contributed by atoms with Crippen LogP contribution in [-0.2, 0) is 25.5 Å². The van der Waals surface area contributed by atoms with E-state index in [1.54, 1.807) is 12.2 Å². The molecule has 5 aliphatic rings. The fourth-order valence-electron chi connectivity index (χ4n) is 9.57. The maximum Gasteiger partial charge on any atom is 0.193 e. The van der Waals surface area contributed by atoms with Gasteiger partial charge in [-0.2, -0.15) is 0 Å². The number of hydrogen-bond donors (Lipinski definition) is 3. The van der Waals surface area contributed by atoms with E-state index in [4.69, 9.17) is 15.2 Å². The van der Waals surface area contributed by atoms with Crippen molar-refractivity contribution in [2.24, 2.45) is 28.6 Å². The summed E-state index contributed by atoms with van der Waals surface area (Å²) in [5, 5.41) is 22.0. The van der Waals surface area contributed by atoms with Gasteiger partial charge in [0.1, 0.15) is 6.61 Å². The lowest BCUT2D eigenvalue weighted by Gasteiger charge is -2.59. The quantitative estimate of drug-likeness (QED) is 0.455. The summed E-state index contributed by atoms with van der Waals surface area (Å²) in [6.45, 7) is 3.54. The first kappa shape index (κ1) is 27.7. The van der Waals surface area contributed by atoms with Crippen molar-refractivity contribution >= 4 is 17.3 Å². The van der Waals surface area contributed by atoms with E-state index in [1.807, 2.05) is 54.6 Å². The minimum atomic E-state index is -1.35. The Balaban J connectivity index is 1.18. The third-order valence-corrected chi connectivity index (χ3v) is 11.4. The predicted molar refractivity (Wildman–Crippen MR) is 157 cm³/mol. The number of ether oxygens (including phenoxy) is 2. The largest absolute Gasteiger partial charge is 0.399 e. The summed E-state index contributed by atoms with van der Waals surface area (Å²) in [4.78, 5) is 25.9. The van der Waals surface area contributed by atoms with E-state index in [1.165, 1.54) is 0 Å². The molecule has 0 aromatic heterocycles. The van der Waals surface area contributed by atoms with Gasteiger partial charge in [0.2, 0.25) is 0 Å². The van der Waals surface area contributed by atoms with Crippen molar-refractivity contribution in [2.45, 2.75) is 70.1 Å². The first-order valence-corrected chi connectivity index (χ1v) is 15.1. The molecule has 4 fully saturated rings. The fraction of sp³-hybridized carbons (Fsp3) is 0.486. The average Bonchev–Trinajstić information content (AvgIpc) is 3.46. The Morgan fingerprint density at radius 1 is 1.12 bits per heavy atom. The maximum atomic E-state index is 13.7. The minimum Gasteiger partial charge on any atom is -0.399 e. The van der Waals surface area contributed by atoms with E-state index in [0.717, 1.165) is 47.2 Å². The Morgan fingerprint density at radius 2 is 1.90 bits per heavy atom. The van der Waals surface area contributed by atoms with Crippen LogP contribution in [0.25, 0.3) is 0 Å². The highest BCUT2D eigenvalue weighted by atomic mass is 16.7. The molecule has 7 rings (SSSR count). The van der Waals surface area contributed by atoms with Gasteiger partial charge < -0.3 is 25.4 Å². The van der Waals surface area contributed by atoms with Crippen LogP contribution >= 0.6 is 0 Å². The average molecular weight is 570 g/mol. The number of aliphatic hydroxyl groups excluding tert-OH is 2. The van der Waals surface area contributed by atoms with Gasteiger partial charge >= 0.3 is 0 Å². The summed E-state index contributed by atoms with van der Waals surface area (Å²) in [5.74, 6) is -0.246. The number of fused-ring (bicyclic) bond motifs is 7. The van der Waals surface area contributed by atoms with Crippen LogP contribution in [0.5, 0.6) is 0 Å². The van der Waals surface area contributed by atoms with Gasteiger partial charge in [-0.3, -0.25) is 9.59 Å². The van der Waals surface area contributed by atoms with E-state index in [-0.39, 0.29) is 29.3 Å². The molecule has 0 bridgehead atoms. The second-order valence-corrected chi connectivity index (χ2v) is 13.5. The van der Waals surface area contributed by atoms with Crippen molar-refractivity contribution in [1.82, 2.24) is 0 Å². The number of nitrogens with two attached hydrogens (primary N) is 1. The standard InChI is InChI=1S/C35H39NO6/c1-33-13-12-25(38)16-23(33)10-11-26-27-17-30-35(29(40)19-37,34(27,2)18-28(39)31(26)33)42-32(41-30)22-8-6-20(7-9-22)14-21-4-3-5-24(36)15-21/h3-9,12-13,15-16,26-28,30-32,37,39H,10-11,14,17-19,36H2,1-2H3/t26?,27?,28?,30-,31?,32-,33?,34?,35-/m1/s1. The molecule has 0 radical (unpaired) electrons. The molecule has 0 spiro atoms. The summed E-state index contributed by atoms with van der Waals surface area (Å²) >= 11 is 0. The molecular weight excluding hydrogens is 530 g/mol. The Hall–Kier alpha value is -3.10. The second kappa shape index (κ2) is 9.71. The number of aliphatic hydroxyl groups is 2. The maximum absolute atomic E-state index is 13.7. The zero-order valence-corrected chi connectivity index (χ0v) is 24.2. The fourth-order valence-corrected chi connectivity index (χ4v) is 9.57. The summed E-state index contributed by atoms with van der Waals surface area (Å²) in [6.07, 6.45) is 6.73. The molecule has 4 N–H and O–H groups in total. The first-order valence-electron chi connectivity index (χ1n) is 15.1. The normalized spacial score (nSPS) is 40.1. The first-order chi connectivity index (χ1) is 20.1. The van der Waals surface area contributed by atoms with Gasteiger partial charge in [0, 0.05) is 28.0 Å². The molecule has 6 unspecified atom stereocenters. The van der Waals surface area contributed by atoms with Crippen LogP contribution in [0, 0.1) is 28.6 Å². The third kappa shape index (κ3) is 3.87. The van der Waals surface area contributed by atoms with Crippen molar-refractivity contribution in [1.29, 1.82) is 0 Å². The molecule has 220 valence electrons. The topological polar surface area (TPSA) is 119 Å². The summed E-state index contributed by atoms with van der Waals surface area (Å²) in [7, 11) is 0. The van der Waals surface area contributed by atoms with Crippen LogP contribution in [0.2, 0.25) is 0 Å². The Morgan fingerprint density at radius 3 is 2.64 bits per heavy atom. The molecule has 7 nitrogen and oxygen atoms in total. The predicted octanol–water partition coefficient (Wildman–Crippen LogP) is 4.46. The molecule has 7 heteroatoms. The van der Waals surface area contributed by atoms with E-state index in [2.05, 4.69) is 13.8 Å². The van der Waals surface area contributed by atoms with Gasteiger partial charge in [0.15, 0.2) is 23.5 Å². The molecule has 4 aliphatic carbocycles. The zero-order valence-electron chi connectivity index (χ0n) is 24.2. The number of allylic oxidation sites excluding steroid dienone is 4. The van der Waals surface area contributed by atoms with Crippen molar-refractivity contribution in [3.05, 3.63) is 89.0 Å². The highest BCUT2D eigenvalue weighted by Gasteiger charge is 2.75. The van der Waals surface area contributed by atoms with Crippen LogP contribution < -0.4 is 5.73 Å². The van der Waals surface area contributed by atoms with Crippen molar-refractivity contribution in [3.63, 3.8) is 0 Å². The number of carbonyl (C=O) groups is 2. The van der Waals surface area contributed by atoms with E-state index in [9.17, 15) is 19.8 Å². The lowest BCUT2D eigenvalue weighted by Crippen LogP contribution is -2.63. The second-order valence-electron chi connectivity index (χ2n) is 13.5. The third-order valence-electron chi connectivity index (χ3n) is 11.4. The number of ketones is 2. The van der Waals surface area contributed by atoms with Gasteiger partial charge in [-0.15, -0.1) is 0 Å². The number of anilines is 1. The molecule has 9 atom stereocenters. The van der Waals surface area contributed by atoms with Crippen LogP contribution in [0.15, 0.2) is 72.3 Å². The zero-order chi connectivity index (χ0) is 29.4. The molecule has 0 amide bonds. The van der Waals surface area contributed by atoms with Gasteiger partial charge in [-0.1, -0.05) is 61.9 Å². The van der Waals surface area contributed by atoms with Crippen LogP contribution in [-0.4, -0.2) is 46.2 Å². The number of carbonyl (C=O) groups excluding carboxylic acids is 2. The number of Topliss-reactive ketones (excluding diaryl/α,β-unsaturated/α-hetero) is 1. The van der Waals surface area contributed by atoms with E-state index < -0.39 is 41.5 Å². The van der Waals surface area contributed by atoms with Gasteiger partial charge in [-0.05, 0) is 79.4 Å². The van der Waals surface area contributed by atoms with E-state index in [0.29, 0.717) is 12.8 Å². The van der Waals surface area contributed by atoms with Crippen LogP contribution in [0.1, 0.15) is 62.5 Å². The van der Waals surface area contributed by atoms with Gasteiger partial charge in [0.05, 0.1) is 12.2 Å². The number of benzene rings is 2. The molecule has 1 aliphatic heterocycles. The molecule has 1 heterocycles. The number of rotatable bonds is 5. The van der Waals surface area contributed by atoms with Crippen molar-refractivity contribution in [3.8, 4) is 0 Å². The Kier molecular flexibility index (Phi) is 6.41. The summed E-state index contributed by atoms with van der Waals surface area (Å²) in [6, 6.07) is 15.9. The molecule has 3 saturated carbocycles. The summed E-state index contributed by atoms with van der Waals surface area (Å²) < 4.78 is 13.3. The minimum absolute atomic E-state index is 0.00425. The lowest BCUT2D eigenvalue weighted by molar-refractivity contribution is -0.201. The molecular formula is C35H39NO6. The molecule has 42 heavy (non-hydrogen) atoms. The number of hydrogen-bond acceptors (Lipinski definition) is 7. The van der Waals surface area contributed by atoms with Crippen molar-refractivity contribution in [2.75, 3.05) is 12.3 Å². The van der Waals surface area contributed by atoms with Crippen LogP contribution in [0.4, 0.5) is 5.69 Å².